The first kappa shape index (κ1) is 10.7. The van der Waals surface area contributed by atoms with Gasteiger partial charge >= 0.3 is 0 Å². The third-order valence-electron chi connectivity index (χ3n) is 2.46. The molecule has 1 aliphatic rings. The number of hydrogen-bond acceptors (Lipinski definition) is 4. The van der Waals surface area contributed by atoms with Gasteiger partial charge in [0.2, 0.25) is 5.78 Å². The topological polar surface area (TPSA) is 66.8 Å². The zero-order valence-corrected chi connectivity index (χ0v) is 9.02. The van der Waals surface area contributed by atoms with Crippen LogP contribution in [0.4, 0.5) is 0 Å². The Morgan fingerprint density at radius 1 is 1.44 bits per heavy atom. The number of Topliss-reactive ketones (excluding diaryl/α,β-unsaturated/α-hetero) is 1. The van der Waals surface area contributed by atoms with E-state index in [4.69, 9.17) is 4.74 Å². The standard InChI is InChI=1S/C12H12O4/c1-3-4-7-5-6-8(13)10-9(7)11(14)12(2,15)16-10/h3-6,13,15H,1-2H3/t12-/m1/s1. The summed E-state index contributed by atoms with van der Waals surface area (Å²) in [7, 11) is 0. The van der Waals surface area contributed by atoms with Crippen LogP contribution in [0.15, 0.2) is 18.2 Å². The molecule has 0 saturated carbocycles. The fraction of sp³-hybridized carbons (Fsp3) is 0.250. The largest absolute Gasteiger partial charge is 0.504 e. The molecule has 0 aromatic heterocycles. The van der Waals surface area contributed by atoms with Crippen LogP contribution < -0.4 is 4.74 Å². The first-order valence-corrected chi connectivity index (χ1v) is 4.92. The number of aliphatic hydroxyl groups is 1. The molecule has 0 aliphatic carbocycles. The lowest BCUT2D eigenvalue weighted by molar-refractivity contribution is -0.0757. The van der Waals surface area contributed by atoms with Crippen molar-refractivity contribution in [3.63, 3.8) is 0 Å². The van der Waals surface area contributed by atoms with Gasteiger partial charge in [0.15, 0.2) is 11.5 Å². The molecule has 0 saturated heterocycles. The van der Waals surface area contributed by atoms with Crippen LogP contribution in [0.5, 0.6) is 11.5 Å². The van der Waals surface area contributed by atoms with Crippen molar-refractivity contribution in [1.82, 2.24) is 0 Å². The van der Waals surface area contributed by atoms with Crippen molar-refractivity contribution in [2.24, 2.45) is 0 Å². The van der Waals surface area contributed by atoms with Gasteiger partial charge in [0.1, 0.15) is 0 Å². The van der Waals surface area contributed by atoms with E-state index in [1.165, 1.54) is 13.0 Å². The van der Waals surface area contributed by atoms with Crippen molar-refractivity contribution >= 4 is 11.9 Å². The van der Waals surface area contributed by atoms with Gasteiger partial charge in [-0.25, -0.2) is 0 Å². The van der Waals surface area contributed by atoms with E-state index >= 15 is 0 Å². The third kappa shape index (κ3) is 1.39. The summed E-state index contributed by atoms with van der Waals surface area (Å²) in [6.45, 7) is 3.08. The maximum Gasteiger partial charge on any atom is 0.270 e. The molecule has 2 N–H and O–H groups in total. The van der Waals surface area contributed by atoms with Gasteiger partial charge in [0, 0.05) is 6.92 Å². The van der Waals surface area contributed by atoms with E-state index in [-0.39, 0.29) is 17.1 Å². The molecule has 0 fully saturated rings. The lowest BCUT2D eigenvalue weighted by Crippen LogP contribution is -2.35. The summed E-state index contributed by atoms with van der Waals surface area (Å²) in [6.07, 6.45) is 3.49. The third-order valence-corrected chi connectivity index (χ3v) is 2.46. The van der Waals surface area contributed by atoms with E-state index in [1.807, 2.05) is 6.92 Å². The fourth-order valence-electron chi connectivity index (χ4n) is 1.72. The summed E-state index contributed by atoms with van der Waals surface area (Å²) in [4.78, 5) is 11.8. The van der Waals surface area contributed by atoms with Crippen molar-refractivity contribution in [2.45, 2.75) is 19.6 Å². The average Bonchev–Trinajstić information content (AvgIpc) is 2.45. The number of carbonyl (C=O) groups is 1. The van der Waals surface area contributed by atoms with Crippen LogP contribution in [-0.2, 0) is 0 Å². The molecule has 0 spiro atoms. The monoisotopic (exact) mass is 220 g/mol. The van der Waals surface area contributed by atoms with Crippen molar-refractivity contribution < 1.29 is 19.7 Å². The van der Waals surface area contributed by atoms with E-state index in [9.17, 15) is 15.0 Å². The van der Waals surface area contributed by atoms with Gasteiger partial charge in [-0.05, 0) is 18.6 Å². The Labute approximate surface area is 92.8 Å². The number of carbonyl (C=O) groups excluding carboxylic acids is 1. The zero-order valence-electron chi connectivity index (χ0n) is 9.02. The van der Waals surface area contributed by atoms with Crippen molar-refractivity contribution in [1.29, 1.82) is 0 Å². The molecule has 16 heavy (non-hydrogen) atoms. The first-order valence-electron chi connectivity index (χ1n) is 4.92. The minimum absolute atomic E-state index is 0.0469. The molecule has 0 radical (unpaired) electrons. The second-order valence-corrected chi connectivity index (χ2v) is 3.79. The van der Waals surface area contributed by atoms with Crippen LogP contribution in [0.1, 0.15) is 29.8 Å². The van der Waals surface area contributed by atoms with Crippen molar-refractivity contribution in [3.05, 3.63) is 29.3 Å². The SMILES string of the molecule is CC=Cc1ccc(O)c2c1C(=O)[C@](C)(O)O2. The Balaban J connectivity index is 2.68. The molecule has 0 bridgehead atoms. The van der Waals surface area contributed by atoms with Crippen LogP contribution in [0.3, 0.4) is 0 Å². The number of phenolic OH excluding ortho intramolecular Hbond substituents is 1. The maximum absolute atomic E-state index is 11.8. The van der Waals surface area contributed by atoms with Gasteiger partial charge in [0.25, 0.3) is 5.79 Å². The molecule has 0 amide bonds. The van der Waals surface area contributed by atoms with Crippen molar-refractivity contribution in [2.75, 3.05) is 0 Å². The number of allylic oxidation sites excluding steroid dienone is 1. The van der Waals surface area contributed by atoms with Gasteiger partial charge in [-0.3, -0.25) is 4.79 Å². The number of rotatable bonds is 1. The van der Waals surface area contributed by atoms with Gasteiger partial charge in [0.05, 0.1) is 5.56 Å². The first-order chi connectivity index (χ1) is 7.47. The minimum Gasteiger partial charge on any atom is -0.504 e. The zero-order chi connectivity index (χ0) is 11.9. The van der Waals surface area contributed by atoms with E-state index < -0.39 is 11.6 Å². The fourth-order valence-corrected chi connectivity index (χ4v) is 1.72. The minimum atomic E-state index is -1.89. The number of phenols is 1. The maximum atomic E-state index is 11.8. The Morgan fingerprint density at radius 2 is 2.12 bits per heavy atom. The number of hydrogen-bond donors (Lipinski definition) is 2. The van der Waals surface area contributed by atoms with E-state index in [2.05, 4.69) is 0 Å². The Morgan fingerprint density at radius 3 is 2.75 bits per heavy atom. The van der Waals surface area contributed by atoms with Crippen LogP contribution in [0, 0.1) is 0 Å². The predicted octanol–water partition coefficient (Wildman–Crippen LogP) is 1.71. The molecular weight excluding hydrogens is 208 g/mol. The number of ketones is 1. The second kappa shape index (κ2) is 3.35. The van der Waals surface area contributed by atoms with E-state index in [1.54, 1.807) is 18.2 Å². The molecule has 1 heterocycles. The second-order valence-electron chi connectivity index (χ2n) is 3.79. The summed E-state index contributed by atoms with van der Waals surface area (Å²) in [6, 6.07) is 3.04. The molecular formula is C12H12O4. The van der Waals surface area contributed by atoms with Crippen LogP contribution in [0.2, 0.25) is 0 Å². The highest BCUT2D eigenvalue weighted by atomic mass is 16.6. The molecule has 1 aliphatic heterocycles. The highest BCUT2D eigenvalue weighted by molar-refractivity contribution is 6.09. The predicted molar refractivity (Wildman–Crippen MR) is 58.4 cm³/mol. The molecule has 1 aromatic rings. The summed E-state index contributed by atoms with van der Waals surface area (Å²) in [5, 5.41) is 19.3. The number of benzene rings is 1. The molecule has 4 nitrogen and oxygen atoms in total. The molecule has 1 aromatic carbocycles. The number of fused-ring (bicyclic) bond motifs is 1. The van der Waals surface area contributed by atoms with E-state index in [0.29, 0.717) is 5.56 Å². The number of aromatic hydroxyl groups is 1. The molecule has 1 atom stereocenters. The molecule has 4 heteroatoms. The van der Waals surface area contributed by atoms with Crippen LogP contribution in [0.25, 0.3) is 6.08 Å². The highest BCUT2D eigenvalue weighted by Crippen LogP contribution is 2.42. The van der Waals surface area contributed by atoms with Gasteiger partial charge in [-0.15, -0.1) is 0 Å². The van der Waals surface area contributed by atoms with Crippen LogP contribution >= 0.6 is 0 Å². The normalized spacial score (nSPS) is 23.6. The smallest absolute Gasteiger partial charge is 0.270 e. The Bertz CT molecular complexity index is 486. The molecule has 0 unspecified atom stereocenters. The lowest BCUT2D eigenvalue weighted by atomic mass is 10.00. The van der Waals surface area contributed by atoms with Gasteiger partial charge in [-0.2, -0.15) is 0 Å². The van der Waals surface area contributed by atoms with Crippen molar-refractivity contribution in [3.8, 4) is 11.5 Å². The number of ether oxygens (including phenoxy) is 1. The van der Waals surface area contributed by atoms with Crippen LogP contribution in [-0.4, -0.2) is 21.8 Å². The van der Waals surface area contributed by atoms with E-state index in [0.717, 1.165) is 0 Å². The quantitative estimate of drug-likeness (QED) is 0.756. The average molecular weight is 220 g/mol. The Hall–Kier alpha value is -1.81. The molecule has 2 rings (SSSR count). The summed E-state index contributed by atoms with van der Waals surface area (Å²) >= 11 is 0. The summed E-state index contributed by atoms with van der Waals surface area (Å²) < 4.78 is 5.05. The van der Waals surface area contributed by atoms with Gasteiger partial charge in [-0.1, -0.05) is 18.2 Å². The molecule has 84 valence electrons. The lowest BCUT2D eigenvalue weighted by Gasteiger charge is -2.13. The summed E-state index contributed by atoms with van der Waals surface area (Å²) in [5.74, 6) is -2.52. The Kier molecular flexibility index (Phi) is 2.24. The summed E-state index contributed by atoms with van der Waals surface area (Å²) in [5.41, 5.74) is 0.848. The van der Waals surface area contributed by atoms with Gasteiger partial charge < -0.3 is 14.9 Å². The highest BCUT2D eigenvalue weighted by Gasteiger charge is 2.44.